The topological polar surface area (TPSA) is 27.3 Å². The van der Waals surface area contributed by atoms with Crippen LogP contribution in [0.5, 0.6) is 0 Å². The Balaban J connectivity index is 1.56. The highest BCUT2D eigenvalue weighted by Crippen LogP contribution is 2.46. The molecule has 1 fully saturated rings. The number of anilines is 2. The van der Waals surface area contributed by atoms with Crippen molar-refractivity contribution in [2.45, 2.75) is 55.0 Å². The molecule has 2 aliphatic heterocycles. The van der Waals surface area contributed by atoms with Gasteiger partial charge in [-0.2, -0.15) is 13.2 Å². The molecule has 1 saturated heterocycles. The van der Waals surface area contributed by atoms with Gasteiger partial charge in [-0.05, 0) is 74.2 Å². The summed E-state index contributed by atoms with van der Waals surface area (Å²) >= 11 is 1.47. The predicted octanol–water partition coefficient (Wildman–Crippen LogP) is 6.16. The lowest BCUT2D eigenvalue weighted by Gasteiger charge is -2.26. The van der Waals surface area contributed by atoms with Crippen LogP contribution in [0.3, 0.4) is 0 Å². The van der Waals surface area contributed by atoms with Crippen LogP contribution in [0, 0.1) is 0 Å². The van der Waals surface area contributed by atoms with E-state index >= 15 is 0 Å². The fourth-order valence-electron chi connectivity index (χ4n) is 4.24. The number of fused-ring (bicyclic) bond motifs is 2. The molecule has 0 aliphatic carbocycles. The van der Waals surface area contributed by atoms with E-state index in [-0.39, 0.29) is 0 Å². The number of alkyl halides is 3. The van der Waals surface area contributed by atoms with E-state index < -0.39 is 11.7 Å². The highest BCUT2D eigenvalue weighted by molar-refractivity contribution is 7.99. The summed E-state index contributed by atoms with van der Waals surface area (Å²) in [7, 11) is 0. The Bertz CT molecular complexity index is 908. The first-order chi connectivity index (χ1) is 15.0. The van der Waals surface area contributed by atoms with Gasteiger partial charge in [-0.1, -0.05) is 24.8 Å². The SMILES string of the molecule is CCCNCCCNc1cc(C(F)(F)F)cc2c1Cc1ccc(N3CCCC3)cc1S2. The average molecular weight is 450 g/mol. The van der Waals surface area contributed by atoms with Crippen LogP contribution in [0.2, 0.25) is 0 Å². The van der Waals surface area contributed by atoms with E-state index in [0.717, 1.165) is 49.5 Å². The molecule has 0 aromatic heterocycles. The van der Waals surface area contributed by atoms with Crippen molar-refractivity contribution in [1.82, 2.24) is 5.32 Å². The maximum Gasteiger partial charge on any atom is 0.416 e. The van der Waals surface area contributed by atoms with Crippen LogP contribution in [0.15, 0.2) is 40.1 Å². The predicted molar refractivity (Wildman–Crippen MR) is 123 cm³/mol. The molecule has 0 saturated carbocycles. The Morgan fingerprint density at radius 1 is 1.00 bits per heavy atom. The molecule has 3 nitrogen and oxygen atoms in total. The van der Waals surface area contributed by atoms with Crippen LogP contribution in [-0.2, 0) is 12.6 Å². The summed E-state index contributed by atoms with van der Waals surface area (Å²) in [5.41, 5.74) is 3.37. The minimum Gasteiger partial charge on any atom is -0.385 e. The fourth-order valence-corrected chi connectivity index (χ4v) is 5.42. The number of hydrogen-bond acceptors (Lipinski definition) is 4. The van der Waals surface area contributed by atoms with Gasteiger partial charge in [0.2, 0.25) is 0 Å². The summed E-state index contributed by atoms with van der Waals surface area (Å²) in [4.78, 5) is 4.15. The van der Waals surface area contributed by atoms with Crippen molar-refractivity contribution in [2.75, 3.05) is 42.9 Å². The van der Waals surface area contributed by atoms with Crippen molar-refractivity contribution >= 4 is 23.1 Å². The number of benzene rings is 2. The second-order valence-electron chi connectivity index (χ2n) is 8.29. The summed E-state index contributed by atoms with van der Waals surface area (Å²) in [6, 6.07) is 9.06. The van der Waals surface area contributed by atoms with Gasteiger partial charge in [0.1, 0.15) is 0 Å². The molecule has 2 N–H and O–H groups in total. The Morgan fingerprint density at radius 3 is 2.55 bits per heavy atom. The third-order valence-corrected chi connectivity index (χ3v) is 7.10. The molecule has 0 atom stereocenters. The third kappa shape index (κ3) is 5.32. The zero-order valence-electron chi connectivity index (χ0n) is 17.9. The summed E-state index contributed by atoms with van der Waals surface area (Å²) in [6.07, 6.45) is 0.646. The van der Waals surface area contributed by atoms with Crippen molar-refractivity contribution in [2.24, 2.45) is 0 Å². The van der Waals surface area contributed by atoms with Gasteiger partial charge in [0, 0.05) is 47.2 Å². The lowest BCUT2D eigenvalue weighted by molar-refractivity contribution is -0.137. The molecule has 168 valence electrons. The lowest BCUT2D eigenvalue weighted by Crippen LogP contribution is -2.19. The Kier molecular flexibility index (Phi) is 7.02. The van der Waals surface area contributed by atoms with E-state index in [2.05, 4.69) is 40.7 Å². The second kappa shape index (κ2) is 9.74. The smallest absolute Gasteiger partial charge is 0.385 e. The van der Waals surface area contributed by atoms with Crippen LogP contribution in [0.25, 0.3) is 0 Å². The molecule has 0 spiro atoms. The van der Waals surface area contributed by atoms with Gasteiger partial charge in [-0.25, -0.2) is 0 Å². The summed E-state index contributed by atoms with van der Waals surface area (Å²) in [5, 5.41) is 6.62. The first-order valence-corrected chi connectivity index (χ1v) is 12.0. The molecule has 2 aromatic carbocycles. The second-order valence-corrected chi connectivity index (χ2v) is 9.38. The van der Waals surface area contributed by atoms with Gasteiger partial charge in [-0.15, -0.1) is 0 Å². The van der Waals surface area contributed by atoms with Gasteiger partial charge in [-0.3, -0.25) is 0 Å². The molecule has 2 aliphatic rings. The number of nitrogens with zero attached hydrogens (tertiary/aromatic N) is 1. The molecule has 0 bridgehead atoms. The Morgan fingerprint density at radius 2 is 1.81 bits per heavy atom. The van der Waals surface area contributed by atoms with E-state index in [4.69, 9.17) is 0 Å². The fraction of sp³-hybridized carbons (Fsp3) is 0.500. The van der Waals surface area contributed by atoms with E-state index in [1.807, 2.05) is 0 Å². The van der Waals surface area contributed by atoms with Crippen LogP contribution in [-0.4, -0.2) is 32.7 Å². The summed E-state index contributed by atoms with van der Waals surface area (Å²) in [5.74, 6) is 0. The van der Waals surface area contributed by atoms with Gasteiger partial charge in [0.15, 0.2) is 0 Å². The number of nitrogens with one attached hydrogen (secondary N) is 2. The molecule has 2 heterocycles. The zero-order chi connectivity index (χ0) is 21.8. The van der Waals surface area contributed by atoms with Crippen molar-refractivity contribution in [3.8, 4) is 0 Å². The minimum absolute atomic E-state index is 0.579. The van der Waals surface area contributed by atoms with Crippen molar-refractivity contribution < 1.29 is 13.2 Å². The van der Waals surface area contributed by atoms with Crippen molar-refractivity contribution in [3.63, 3.8) is 0 Å². The standard InChI is InChI=1S/C24H30F3N3S/c1-2-8-28-9-5-10-29-21-14-18(24(25,26)27)15-23-20(21)13-17-6-7-19(16-22(17)31-23)30-11-3-4-12-30/h6-7,14-16,28-29H,2-5,8-13H2,1H3. The van der Waals surface area contributed by atoms with Gasteiger partial charge < -0.3 is 15.5 Å². The molecular weight excluding hydrogens is 419 g/mol. The van der Waals surface area contributed by atoms with Crippen molar-refractivity contribution in [1.29, 1.82) is 0 Å². The van der Waals surface area contributed by atoms with E-state index in [9.17, 15) is 13.2 Å². The number of hydrogen-bond donors (Lipinski definition) is 2. The highest BCUT2D eigenvalue weighted by Gasteiger charge is 2.33. The number of rotatable bonds is 8. The summed E-state index contributed by atoms with van der Waals surface area (Å²) in [6.45, 7) is 6.70. The highest BCUT2D eigenvalue weighted by atomic mass is 32.2. The molecule has 2 aromatic rings. The Labute approximate surface area is 186 Å². The molecule has 31 heavy (non-hydrogen) atoms. The monoisotopic (exact) mass is 449 g/mol. The van der Waals surface area contributed by atoms with Crippen LogP contribution in [0.4, 0.5) is 24.5 Å². The van der Waals surface area contributed by atoms with Crippen LogP contribution < -0.4 is 15.5 Å². The average Bonchev–Trinajstić information content (AvgIpc) is 3.28. The van der Waals surface area contributed by atoms with E-state index in [1.165, 1.54) is 48.0 Å². The molecule has 4 rings (SSSR count). The third-order valence-electron chi connectivity index (χ3n) is 5.92. The first kappa shape index (κ1) is 22.3. The maximum absolute atomic E-state index is 13.6. The van der Waals surface area contributed by atoms with Crippen LogP contribution >= 0.6 is 11.8 Å². The zero-order valence-corrected chi connectivity index (χ0v) is 18.8. The van der Waals surface area contributed by atoms with Crippen LogP contribution in [0.1, 0.15) is 49.3 Å². The van der Waals surface area contributed by atoms with E-state index in [0.29, 0.717) is 23.5 Å². The minimum atomic E-state index is -4.35. The van der Waals surface area contributed by atoms with Gasteiger partial charge >= 0.3 is 6.18 Å². The lowest BCUT2D eigenvalue weighted by atomic mass is 9.99. The molecular formula is C24H30F3N3S. The number of halogens is 3. The molecule has 0 unspecified atom stereocenters. The quantitative estimate of drug-likeness (QED) is 0.403. The van der Waals surface area contributed by atoms with Gasteiger partial charge in [0.25, 0.3) is 0 Å². The largest absolute Gasteiger partial charge is 0.416 e. The molecule has 7 heteroatoms. The molecule has 0 radical (unpaired) electrons. The maximum atomic E-state index is 13.6. The Hall–Kier alpha value is -1.86. The van der Waals surface area contributed by atoms with Crippen molar-refractivity contribution in [3.05, 3.63) is 47.0 Å². The van der Waals surface area contributed by atoms with Gasteiger partial charge in [0.05, 0.1) is 5.56 Å². The first-order valence-electron chi connectivity index (χ1n) is 11.2. The van der Waals surface area contributed by atoms with E-state index in [1.54, 1.807) is 0 Å². The summed E-state index contributed by atoms with van der Waals surface area (Å²) < 4.78 is 40.7. The molecule has 0 amide bonds. The normalized spacial score (nSPS) is 15.7.